The largest absolute Gasteiger partial charge is 0.383 e. The molecule has 1 rings (SSSR count). The average Bonchev–Trinajstić information content (AvgIpc) is 2.24. The lowest BCUT2D eigenvalue weighted by atomic mass is 9.96. The standard InChI is InChI=1S/C12H15N3O2/c1-12(2,3)8-14-11-5-4-10(15(16)17)6-9(11)7-13/h4-6,14H,8H2,1-3H3. The third-order valence-electron chi connectivity index (χ3n) is 2.14. The summed E-state index contributed by atoms with van der Waals surface area (Å²) in [6.45, 7) is 6.89. The van der Waals surface area contributed by atoms with E-state index in [2.05, 4.69) is 26.1 Å². The van der Waals surface area contributed by atoms with Crippen LogP contribution in [0.4, 0.5) is 11.4 Å². The van der Waals surface area contributed by atoms with Crippen molar-refractivity contribution in [3.8, 4) is 6.07 Å². The van der Waals surface area contributed by atoms with Gasteiger partial charge < -0.3 is 5.32 Å². The minimum absolute atomic E-state index is 0.0668. The van der Waals surface area contributed by atoms with Crippen molar-refractivity contribution in [2.75, 3.05) is 11.9 Å². The number of hydrogen-bond acceptors (Lipinski definition) is 4. The fraction of sp³-hybridized carbons (Fsp3) is 0.417. The van der Waals surface area contributed by atoms with Gasteiger partial charge in [-0.1, -0.05) is 20.8 Å². The molecular weight excluding hydrogens is 218 g/mol. The quantitative estimate of drug-likeness (QED) is 0.643. The molecule has 0 saturated carbocycles. The molecule has 0 radical (unpaired) electrons. The number of nitrogens with one attached hydrogen (secondary N) is 1. The first-order valence-corrected chi connectivity index (χ1v) is 5.26. The van der Waals surface area contributed by atoms with Crippen LogP contribution < -0.4 is 5.32 Å². The first-order valence-electron chi connectivity index (χ1n) is 5.26. The molecule has 1 aromatic rings. The van der Waals surface area contributed by atoms with E-state index in [-0.39, 0.29) is 11.1 Å². The Labute approximate surface area is 100 Å². The van der Waals surface area contributed by atoms with Crippen molar-refractivity contribution in [1.82, 2.24) is 0 Å². The van der Waals surface area contributed by atoms with E-state index < -0.39 is 4.92 Å². The lowest BCUT2D eigenvalue weighted by Gasteiger charge is -2.20. The molecule has 0 aliphatic rings. The summed E-state index contributed by atoms with van der Waals surface area (Å²) in [7, 11) is 0. The third-order valence-corrected chi connectivity index (χ3v) is 2.14. The summed E-state index contributed by atoms with van der Waals surface area (Å²) in [5, 5.41) is 22.6. The molecule has 0 bridgehead atoms. The number of nitro groups is 1. The highest BCUT2D eigenvalue weighted by Gasteiger charge is 2.13. The highest BCUT2D eigenvalue weighted by Crippen LogP contribution is 2.23. The third kappa shape index (κ3) is 3.76. The van der Waals surface area contributed by atoms with Crippen LogP contribution in [-0.2, 0) is 0 Å². The topological polar surface area (TPSA) is 79.0 Å². The van der Waals surface area contributed by atoms with Crippen LogP contribution in [0.2, 0.25) is 0 Å². The molecule has 0 heterocycles. The van der Waals surface area contributed by atoms with Gasteiger partial charge in [-0.2, -0.15) is 5.26 Å². The fourth-order valence-electron chi connectivity index (χ4n) is 1.25. The molecule has 5 heteroatoms. The summed E-state index contributed by atoms with van der Waals surface area (Å²) >= 11 is 0. The van der Waals surface area contributed by atoms with Gasteiger partial charge in [0.15, 0.2) is 0 Å². The number of benzene rings is 1. The van der Waals surface area contributed by atoms with Crippen molar-refractivity contribution in [2.45, 2.75) is 20.8 Å². The van der Waals surface area contributed by atoms with Crippen LogP contribution in [0.3, 0.4) is 0 Å². The van der Waals surface area contributed by atoms with Gasteiger partial charge in [-0.05, 0) is 11.5 Å². The zero-order valence-corrected chi connectivity index (χ0v) is 10.2. The van der Waals surface area contributed by atoms with Crippen molar-refractivity contribution in [3.05, 3.63) is 33.9 Å². The van der Waals surface area contributed by atoms with Gasteiger partial charge in [0.25, 0.3) is 5.69 Å². The molecule has 5 nitrogen and oxygen atoms in total. The van der Waals surface area contributed by atoms with Crippen LogP contribution in [0.5, 0.6) is 0 Å². The zero-order valence-electron chi connectivity index (χ0n) is 10.2. The summed E-state index contributed by atoms with van der Waals surface area (Å²) in [5.41, 5.74) is 0.938. The molecule has 0 aliphatic carbocycles. The number of nitro benzene ring substituents is 1. The van der Waals surface area contributed by atoms with E-state index in [4.69, 9.17) is 5.26 Å². The predicted octanol–water partition coefficient (Wildman–Crippen LogP) is 2.92. The van der Waals surface area contributed by atoms with Crippen molar-refractivity contribution >= 4 is 11.4 Å². The van der Waals surface area contributed by atoms with Gasteiger partial charge >= 0.3 is 0 Å². The molecule has 0 saturated heterocycles. The van der Waals surface area contributed by atoms with E-state index in [9.17, 15) is 10.1 Å². The van der Waals surface area contributed by atoms with E-state index in [1.165, 1.54) is 12.1 Å². The van der Waals surface area contributed by atoms with Gasteiger partial charge in [-0.15, -0.1) is 0 Å². The van der Waals surface area contributed by atoms with Crippen molar-refractivity contribution in [2.24, 2.45) is 5.41 Å². The van der Waals surface area contributed by atoms with E-state index in [1.807, 2.05) is 6.07 Å². The fourth-order valence-corrected chi connectivity index (χ4v) is 1.25. The monoisotopic (exact) mass is 233 g/mol. The van der Waals surface area contributed by atoms with Gasteiger partial charge in [0.1, 0.15) is 6.07 Å². The molecule has 1 aromatic carbocycles. The normalized spacial score (nSPS) is 10.7. The molecule has 0 amide bonds. The maximum Gasteiger partial charge on any atom is 0.270 e. The smallest absolute Gasteiger partial charge is 0.270 e. The van der Waals surface area contributed by atoms with Crippen LogP contribution in [0.25, 0.3) is 0 Å². The Kier molecular flexibility index (Phi) is 3.69. The van der Waals surface area contributed by atoms with E-state index in [0.717, 1.165) is 0 Å². The van der Waals surface area contributed by atoms with Crippen molar-refractivity contribution in [3.63, 3.8) is 0 Å². The predicted molar refractivity (Wildman–Crippen MR) is 65.8 cm³/mol. The van der Waals surface area contributed by atoms with E-state index >= 15 is 0 Å². The lowest BCUT2D eigenvalue weighted by molar-refractivity contribution is -0.384. The maximum absolute atomic E-state index is 10.6. The Balaban J connectivity index is 2.95. The SMILES string of the molecule is CC(C)(C)CNc1ccc([N+](=O)[O-])cc1C#N. The Hall–Kier alpha value is -2.09. The molecule has 0 fully saturated rings. The number of nitrogens with zero attached hydrogens (tertiary/aromatic N) is 2. The van der Waals surface area contributed by atoms with Crippen molar-refractivity contribution in [1.29, 1.82) is 5.26 Å². The minimum Gasteiger partial charge on any atom is -0.383 e. The van der Waals surface area contributed by atoms with Crippen LogP contribution in [0, 0.1) is 26.9 Å². The average molecular weight is 233 g/mol. The minimum atomic E-state index is -0.506. The molecule has 1 N–H and O–H groups in total. The Morgan fingerprint density at radius 3 is 2.59 bits per heavy atom. The summed E-state index contributed by atoms with van der Waals surface area (Å²) in [5.74, 6) is 0. The molecule has 17 heavy (non-hydrogen) atoms. The van der Waals surface area contributed by atoms with E-state index in [1.54, 1.807) is 6.07 Å². The second-order valence-electron chi connectivity index (χ2n) is 5.01. The van der Waals surface area contributed by atoms with Gasteiger partial charge in [0.2, 0.25) is 0 Å². The van der Waals surface area contributed by atoms with Gasteiger partial charge in [-0.3, -0.25) is 10.1 Å². The summed E-state index contributed by atoms with van der Waals surface area (Å²) in [4.78, 5) is 10.1. The molecule has 0 aliphatic heterocycles. The molecule has 0 spiro atoms. The zero-order chi connectivity index (χ0) is 13.1. The second kappa shape index (κ2) is 4.83. The number of non-ortho nitro benzene ring substituents is 1. The van der Waals surface area contributed by atoms with Crippen molar-refractivity contribution < 1.29 is 4.92 Å². The lowest BCUT2D eigenvalue weighted by Crippen LogP contribution is -2.19. The molecule has 90 valence electrons. The highest BCUT2D eigenvalue weighted by molar-refractivity contribution is 5.61. The van der Waals surface area contributed by atoms with Crippen LogP contribution in [0.15, 0.2) is 18.2 Å². The van der Waals surface area contributed by atoms with Gasteiger partial charge in [0, 0.05) is 18.7 Å². The molecular formula is C12H15N3O2. The Bertz CT molecular complexity index is 470. The molecule has 0 unspecified atom stereocenters. The number of nitriles is 1. The first-order chi connectivity index (χ1) is 7.83. The summed E-state index contributed by atoms with van der Waals surface area (Å²) in [6.07, 6.45) is 0. The molecule has 0 atom stereocenters. The van der Waals surface area contributed by atoms with E-state index in [0.29, 0.717) is 17.8 Å². The number of anilines is 1. The van der Waals surface area contributed by atoms with Gasteiger partial charge in [0.05, 0.1) is 16.2 Å². The second-order valence-corrected chi connectivity index (χ2v) is 5.01. The van der Waals surface area contributed by atoms with Crippen LogP contribution in [0.1, 0.15) is 26.3 Å². The van der Waals surface area contributed by atoms with Crippen LogP contribution >= 0.6 is 0 Å². The Morgan fingerprint density at radius 2 is 2.12 bits per heavy atom. The number of hydrogen-bond donors (Lipinski definition) is 1. The molecule has 0 aromatic heterocycles. The van der Waals surface area contributed by atoms with Crippen LogP contribution in [-0.4, -0.2) is 11.5 Å². The Morgan fingerprint density at radius 1 is 1.47 bits per heavy atom. The maximum atomic E-state index is 10.6. The summed E-state index contributed by atoms with van der Waals surface area (Å²) < 4.78 is 0. The highest BCUT2D eigenvalue weighted by atomic mass is 16.6. The first kappa shape index (κ1) is 13.0. The summed E-state index contributed by atoms with van der Waals surface area (Å²) in [6, 6.07) is 6.21. The van der Waals surface area contributed by atoms with Gasteiger partial charge in [-0.25, -0.2) is 0 Å². The number of rotatable bonds is 3.